The lowest BCUT2D eigenvalue weighted by molar-refractivity contribution is 0.467. The van der Waals surface area contributed by atoms with Gasteiger partial charge in [-0.2, -0.15) is 10.2 Å². The Morgan fingerprint density at radius 1 is 1.04 bits per heavy atom. The van der Waals surface area contributed by atoms with Crippen LogP contribution in [-0.4, -0.2) is 9.97 Å². The summed E-state index contributed by atoms with van der Waals surface area (Å²) in [7, 11) is 0. The van der Waals surface area contributed by atoms with Crippen molar-refractivity contribution in [3.05, 3.63) is 71.4 Å². The molecule has 4 aromatic rings. The van der Waals surface area contributed by atoms with E-state index in [0.717, 1.165) is 26.9 Å². The molecule has 2 heterocycles. The number of nitriles is 1. The van der Waals surface area contributed by atoms with Crippen LogP contribution >= 0.6 is 11.3 Å². The number of nitrogens with zero attached hydrogens (tertiary/aromatic N) is 3. The highest BCUT2D eigenvalue weighted by atomic mass is 32.1. The summed E-state index contributed by atoms with van der Waals surface area (Å²) in [5.74, 6) is 1.92. The lowest BCUT2D eigenvalue weighted by atomic mass is 10.1. The van der Waals surface area contributed by atoms with E-state index < -0.39 is 0 Å². The van der Waals surface area contributed by atoms with Crippen LogP contribution < -0.4 is 4.74 Å². The molecule has 0 saturated carbocycles. The van der Waals surface area contributed by atoms with Crippen molar-refractivity contribution in [3.63, 3.8) is 0 Å². The van der Waals surface area contributed by atoms with Crippen molar-refractivity contribution in [1.82, 2.24) is 9.97 Å². The van der Waals surface area contributed by atoms with E-state index in [1.807, 2.05) is 49.4 Å². The molecule has 0 atom stereocenters. The van der Waals surface area contributed by atoms with Crippen LogP contribution in [0.4, 0.5) is 0 Å². The Morgan fingerprint density at radius 3 is 2.54 bits per heavy atom. The predicted molar refractivity (Wildman–Crippen MR) is 103 cm³/mol. The van der Waals surface area contributed by atoms with Crippen LogP contribution in [0.2, 0.25) is 0 Å². The molecular weight excluding hydrogens is 342 g/mol. The van der Waals surface area contributed by atoms with Crippen LogP contribution in [-0.2, 0) is 6.42 Å². The first kappa shape index (κ1) is 16.2. The number of thiophene rings is 1. The zero-order valence-corrected chi connectivity index (χ0v) is 15.0. The van der Waals surface area contributed by atoms with Crippen molar-refractivity contribution in [2.75, 3.05) is 0 Å². The van der Waals surface area contributed by atoms with Gasteiger partial charge in [0.15, 0.2) is 0 Å². The fourth-order valence-corrected chi connectivity index (χ4v) is 3.78. The minimum Gasteiger partial charge on any atom is -0.438 e. The molecule has 0 unspecified atom stereocenters. The normalized spacial score (nSPS) is 10.6. The molecule has 4 rings (SSSR count). The summed E-state index contributed by atoms with van der Waals surface area (Å²) in [6.45, 7) is 1.87. The largest absolute Gasteiger partial charge is 0.438 e. The average molecular weight is 357 g/mol. The Labute approximate surface area is 155 Å². The first-order valence-electron chi connectivity index (χ1n) is 8.19. The summed E-state index contributed by atoms with van der Waals surface area (Å²) in [6, 6.07) is 19.8. The first-order valence-corrected chi connectivity index (χ1v) is 9.07. The molecule has 5 heteroatoms. The summed E-state index contributed by atoms with van der Waals surface area (Å²) in [6.07, 6.45) is 0.389. The predicted octanol–water partition coefficient (Wildman–Crippen LogP) is 5.53. The summed E-state index contributed by atoms with van der Waals surface area (Å²) in [5.41, 5.74) is 3.14. The van der Waals surface area contributed by atoms with Gasteiger partial charge in [0.05, 0.1) is 17.9 Å². The van der Waals surface area contributed by atoms with Gasteiger partial charge in [0, 0.05) is 10.9 Å². The van der Waals surface area contributed by atoms with E-state index in [-0.39, 0.29) is 0 Å². The van der Waals surface area contributed by atoms with E-state index in [2.05, 4.69) is 33.5 Å². The van der Waals surface area contributed by atoms with Crippen molar-refractivity contribution in [3.8, 4) is 28.8 Å². The summed E-state index contributed by atoms with van der Waals surface area (Å²) in [5, 5.41) is 11.8. The molecule has 126 valence electrons. The molecule has 2 aromatic heterocycles. The van der Waals surface area contributed by atoms with E-state index in [0.29, 0.717) is 23.9 Å². The minimum absolute atomic E-state index is 0.389. The second kappa shape index (κ2) is 6.95. The van der Waals surface area contributed by atoms with Crippen LogP contribution in [0.25, 0.3) is 21.3 Å². The highest BCUT2D eigenvalue weighted by molar-refractivity contribution is 7.17. The van der Waals surface area contributed by atoms with Crippen molar-refractivity contribution < 1.29 is 4.74 Å². The van der Waals surface area contributed by atoms with Gasteiger partial charge in [-0.25, -0.2) is 4.98 Å². The lowest BCUT2D eigenvalue weighted by Crippen LogP contribution is -1.94. The third kappa shape index (κ3) is 3.15. The van der Waals surface area contributed by atoms with Gasteiger partial charge in [0.2, 0.25) is 5.88 Å². The van der Waals surface area contributed by atoms with Crippen molar-refractivity contribution in [2.24, 2.45) is 0 Å². The van der Waals surface area contributed by atoms with Gasteiger partial charge in [-0.3, -0.25) is 0 Å². The van der Waals surface area contributed by atoms with Crippen molar-refractivity contribution >= 4 is 21.6 Å². The number of aromatic nitrogens is 2. The van der Waals surface area contributed by atoms with Crippen molar-refractivity contribution in [1.29, 1.82) is 5.26 Å². The Bertz CT molecular complexity index is 1100. The minimum atomic E-state index is 0.389. The number of ether oxygens (including phenoxy) is 1. The molecule has 0 saturated heterocycles. The van der Waals surface area contributed by atoms with Gasteiger partial charge in [-0.1, -0.05) is 42.5 Å². The Morgan fingerprint density at radius 2 is 1.81 bits per heavy atom. The van der Waals surface area contributed by atoms with E-state index in [9.17, 15) is 0 Å². The third-order valence-corrected chi connectivity index (χ3v) is 4.89. The second-order valence-corrected chi connectivity index (χ2v) is 6.71. The molecule has 0 N–H and O–H groups in total. The smallest absolute Gasteiger partial charge is 0.231 e. The van der Waals surface area contributed by atoms with Crippen LogP contribution in [0.15, 0.2) is 60.0 Å². The van der Waals surface area contributed by atoms with E-state index in [1.165, 1.54) is 0 Å². The summed E-state index contributed by atoms with van der Waals surface area (Å²) >= 11 is 1.59. The zero-order valence-electron chi connectivity index (χ0n) is 14.1. The lowest BCUT2D eigenvalue weighted by Gasteiger charge is -2.09. The van der Waals surface area contributed by atoms with Gasteiger partial charge in [-0.15, -0.1) is 11.3 Å². The SMILES string of the molecule is Cc1nc(Oc2ccc(CC#N)cc2)c2c(-c3ccccc3)csc2n1. The van der Waals surface area contributed by atoms with Gasteiger partial charge in [-0.05, 0) is 30.2 Å². The van der Waals surface area contributed by atoms with Gasteiger partial charge in [0.25, 0.3) is 0 Å². The number of aryl methyl sites for hydroxylation is 1. The molecule has 0 radical (unpaired) electrons. The molecule has 2 aromatic carbocycles. The van der Waals surface area contributed by atoms with Crippen LogP contribution in [0.3, 0.4) is 0 Å². The van der Waals surface area contributed by atoms with Gasteiger partial charge < -0.3 is 4.74 Å². The quantitative estimate of drug-likeness (QED) is 0.482. The summed E-state index contributed by atoms with van der Waals surface area (Å²) in [4.78, 5) is 10.00. The highest BCUT2D eigenvalue weighted by Gasteiger charge is 2.16. The standard InChI is InChI=1S/C21H15N3OS/c1-14-23-20(25-17-9-7-15(8-10-17)11-12-22)19-18(13-26-21(19)24-14)16-5-3-2-4-6-16/h2-10,13H,11H2,1H3. The number of hydrogen-bond acceptors (Lipinski definition) is 5. The topological polar surface area (TPSA) is 58.8 Å². The Hall–Kier alpha value is -3.23. The van der Waals surface area contributed by atoms with Gasteiger partial charge in [0.1, 0.15) is 16.4 Å². The van der Waals surface area contributed by atoms with Crippen molar-refractivity contribution in [2.45, 2.75) is 13.3 Å². The third-order valence-electron chi connectivity index (χ3n) is 4.02. The Balaban J connectivity index is 1.79. The van der Waals surface area contributed by atoms with Gasteiger partial charge >= 0.3 is 0 Å². The molecule has 0 bridgehead atoms. The maximum Gasteiger partial charge on any atom is 0.231 e. The monoisotopic (exact) mass is 357 g/mol. The maximum absolute atomic E-state index is 8.79. The van der Waals surface area contributed by atoms with Crippen LogP contribution in [0.5, 0.6) is 11.6 Å². The molecule has 0 amide bonds. The molecule has 0 fully saturated rings. The number of benzene rings is 2. The van der Waals surface area contributed by atoms with E-state index in [4.69, 9.17) is 10.00 Å². The molecule has 26 heavy (non-hydrogen) atoms. The zero-order chi connectivity index (χ0) is 17.9. The number of hydrogen-bond donors (Lipinski definition) is 0. The fourth-order valence-electron chi connectivity index (χ4n) is 2.79. The molecular formula is C21H15N3OS. The maximum atomic E-state index is 8.79. The number of fused-ring (bicyclic) bond motifs is 1. The van der Waals surface area contributed by atoms with Crippen LogP contribution in [0, 0.1) is 18.3 Å². The Kier molecular flexibility index (Phi) is 4.34. The molecule has 0 spiro atoms. The highest BCUT2D eigenvalue weighted by Crippen LogP contribution is 2.39. The summed E-state index contributed by atoms with van der Waals surface area (Å²) < 4.78 is 6.10. The molecule has 0 aliphatic heterocycles. The molecule has 4 nitrogen and oxygen atoms in total. The van der Waals surface area contributed by atoms with E-state index >= 15 is 0 Å². The van der Waals surface area contributed by atoms with E-state index in [1.54, 1.807) is 11.3 Å². The first-order chi connectivity index (χ1) is 12.7. The average Bonchev–Trinajstić information content (AvgIpc) is 3.08. The van der Waals surface area contributed by atoms with Crippen LogP contribution in [0.1, 0.15) is 11.4 Å². The molecule has 0 aliphatic rings. The molecule has 0 aliphatic carbocycles. The fraction of sp³-hybridized carbons (Fsp3) is 0.0952. The number of rotatable bonds is 4. The second-order valence-electron chi connectivity index (χ2n) is 5.85.